The average molecular weight is 205 g/mol. The highest BCUT2D eigenvalue weighted by atomic mass is 15.1. The average Bonchev–Trinajstić information content (AvgIpc) is 2.62. The van der Waals surface area contributed by atoms with Gasteiger partial charge in [0.15, 0.2) is 0 Å². The Morgan fingerprint density at radius 3 is 2.40 bits per heavy atom. The third-order valence-electron chi connectivity index (χ3n) is 2.88. The molecule has 0 unspecified atom stereocenters. The fraction of sp³-hybridized carbons (Fsp3) is 0.500. The Labute approximate surface area is 91.7 Å². The molecule has 0 atom stereocenters. The van der Waals surface area contributed by atoms with E-state index in [1.807, 2.05) is 0 Å². The minimum Gasteiger partial charge on any atom is -0.383 e. The second-order valence-electron chi connectivity index (χ2n) is 4.46. The van der Waals surface area contributed by atoms with Crippen molar-refractivity contribution < 1.29 is 0 Å². The van der Waals surface area contributed by atoms with Gasteiger partial charge < -0.3 is 15.1 Å². The first-order valence-corrected chi connectivity index (χ1v) is 5.35. The molecule has 1 heterocycles. The maximum Gasteiger partial charge on any atom is 0.0620 e. The summed E-state index contributed by atoms with van der Waals surface area (Å²) in [6, 6.07) is 4.51. The molecule has 0 radical (unpaired) electrons. The van der Waals surface area contributed by atoms with Crippen molar-refractivity contribution in [2.24, 2.45) is 0 Å². The largest absolute Gasteiger partial charge is 0.383 e. The summed E-state index contributed by atoms with van der Waals surface area (Å²) in [6.45, 7) is 1.06. The highest BCUT2D eigenvalue weighted by molar-refractivity contribution is 5.80. The Morgan fingerprint density at radius 2 is 1.80 bits per heavy atom. The van der Waals surface area contributed by atoms with E-state index in [2.05, 4.69) is 55.4 Å². The molecule has 0 amide bonds. The van der Waals surface area contributed by atoms with Gasteiger partial charge >= 0.3 is 0 Å². The van der Waals surface area contributed by atoms with Gasteiger partial charge in [-0.3, -0.25) is 0 Å². The summed E-state index contributed by atoms with van der Waals surface area (Å²) >= 11 is 0. The summed E-state index contributed by atoms with van der Waals surface area (Å²) in [5, 5.41) is 3.46. The molecular weight excluding hydrogens is 186 g/mol. The third-order valence-corrected chi connectivity index (χ3v) is 2.88. The molecule has 1 aromatic rings. The molecule has 0 bridgehead atoms. The lowest BCUT2D eigenvalue weighted by molar-refractivity contribution is 1.09. The van der Waals surface area contributed by atoms with Gasteiger partial charge in [-0.05, 0) is 24.1 Å². The van der Waals surface area contributed by atoms with E-state index in [1.54, 1.807) is 0 Å². The smallest absolute Gasteiger partial charge is 0.0620 e. The van der Waals surface area contributed by atoms with Crippen molar-refractivity contribution >= 4 is 17.1 Å². The van der Waals surface area contributed by atoms with E-state index in [0.717, 1.165) is 13.0 Å². The second-order valence-corrected chi connectivity index (χ2v) is 4.46. The molecule has 3 nitrogen and oxygen atoms in total. The van der Waals surface area contributed by atoms with Gasteiger partial charge in [-0.15, -0.1) is 0 Å². The predicted octanol–water partition coefficient (Wildman–Crippen LogP) is 1.79. The lowest BCUT2D eigenvalue weighted by Crippen LogP contribution is -2.14. The summed E-state index contributed by atoms with van der Waals surface area (Å²) in [6.07, 6.45) is 1.14. The van der Waals surface area contributed by atoms with Gasteiger partial charge in [0.05, 0.1) is 11.4 Å². The van der Waals surface area contributed by atoms with Crippen LogP contribution in [-0.2, 0) is 6.42 Å². The van der Waals surface area contributed by atoms with E-state index in [4.69, 9.17) is 0 Å². The van der Waals surface area contributed by atoms with Crippen molar-refractivity contribution in [3.05, 3.63) is 17.7 Å². The standard InChI is InChI=1S/C12H19N3/c1-14(2)10-7-9-5-6-13-12(9)11(8-10)15(3)4/h7-8,13H,5-6H2,1-4H3. The van der Waals surface area contributed by atoms with Gasteiger partial charge in [0.2, 0.25) is 0 Å². The fourth-order valence-electron chi connectivity index (χ4n) is 2.00. The SMILES string of the molecule is CN(C)c1cc2c(c(N(C)C)c1)NCC2. The van der Waals surface area contributed by atoms with Gasteiger partial charge in [0.1, 0.15) is 0 Å². The minimum absolute atomic E-state index is 1.06. The van der Waals surface area contributed by atoms with E-state index in [-0.39, 0.29) is 0 Å². The molecule has 15 heavy (non-hydrogen) atoms. The number of hydrogen-bond donors (Lipinski definition) is 1. The molecular formula is C12H19N3. The molecule has 82 valence electrons. The number of fused-ring (bicyclic) bond motifs is 1. The van der Waals surface area contributed by atoms with Gasteiger partial charge in [0, 0.05) is 40.4 Å². The van der Waals surface area contributed by atoms with Crippen molar-refractivity contribution in [2.75, 3.05) is 49.9 Å². The summed E-state index contributed by atoms with van der Waals surface area (Å²) in [7, 11) is 8.36. The first-order valence-electron chi connectivity index (χ1n) is 5.35. The number of anilines is 3. The fourth-order valence-corrected chi connectivity index (χ4v) is 2.00. The Hall–Kier alpha value is -1.38. The van der Waals surface area contributed by atoms with Crippen LogP contribution < -0.4 is 15.1 Å². The third kappa shape index (κ3) is 1.74. The van der Waals surface area contributed by atoms with Crippen LogP contribution in [0.3, 0.4) is 0 Å². The molecule has 0 saturated carbocycles. The van der Waals surface area contributed by atoms with Crippen LogP contribution in [0, 0.1) is 0 Å². The highest BCUT2D eigenvalue weighted by Gasteiger charge is 2.17. The predicted molar refractivity (Wildman–Crippen MR) is 67.3 cm³/mol. The van der Waals surface area contributed by atoms with Crippen LogP contribution in [0.2, 0.25) is 0 Å². The van der Waals surface area contributed by atoms with Gasteiger partial charge in [-0.2, -0.15) is 0 Å². The van der Waals surface area contributed by atoms with Gasteiger partial charge in [-0.1, -0.05) is 0 Å². The Bertz CT molecular complexity index is 369. The van der Waals surface area contributed by atoms with Crippen LogP contribution in [0.25, 0.3) is 0 Å². The summed E-state index contributed by atoms with van der Waals surface area (Å²) in [4.78, 5) is 4.33. The van der Waals surface area contributed by atoms with Crippen molar-refractivity contribution in [3.63, 3.8) is 0 Å². The van der Waals surface area contributed by atoms with Crippen LogP contribution in [0.5, 0.6) is 0 Å². The maximum absolute atomic E-state index is 3.46. The second kappa shape index (κ2) is 3.65. The van der Waals surface area contributed by atoms with Crippen LogP contribution in [0.4, 0.5) is 17.1 Å². The van der Waals surface area contributed by atoms with E-state index >= 15 is 0 Å². The minimum atomic E-state index is 1.06. The summed E-state index contributed by atoms with van der Waals surface area (Å²) in [5.41, 5.74) is 5.31. The van der Waals surface area contributed by atoms with E-state index in [9.17, 15) is 0 Å². The first kappa shape index (κ1) is 10.1. The molecule has 1 aliphatic rings. The van der Waals surface area contributed by atoms with Crippen LogP contribution >= 0.6 is 0 Å². The summed E-state index contributed by atoms with van der Waals surface area (Å²) in [5.74, 6) is 0. The van der Waals surface area contributed by atoms with Crippen LogP contribution in [0.1, 0.15) is 5.56 Å². The van der Waals surface area contributed by atoms with E-state index in [0.29, 0.717) is 0 Å². The molecule has 1 aromatic carbocycles. The number of hydrogen-bond acceptors (Lipinski definition) is 3. The number of benzene rings is 1. The number of nitrogens with zero attached hydrogens (tertiary/aromatic N) is 2. The monoisotopic (exact) mass is 205 g/mol. The lowest BCUT2D eigenvalue weighted by atomic mass is 10.1. The van der Waals surface area contributed by atoms with E-state index in [1.165, 1.54) is 22.6 Å². The molecule has 1 aliphatic heterocycles. The zero-order valence-corrected chi connectivity index (χ0v) is 9.96. The zero-order chi connectivity index (χ0) is 11.0. The topological polar surface area (TPSA) is 18.5 Å². The molecule has 0 spiro atoms. The van der Waals surface area contributed by atoms with Crippen molar-refractivity contribution in [1.82, 2.24) is 0 Å². The zero-order valence-electron chi connectivity index (χ0n) is 9.96. The van der Waals surface area contributed by atoms with Crippen LogP contribution in [-0.4, -0.2) is 34.7 Å². The molecule has 1 N–H and O–H groups in total. The normalized spacial score (nSPS) is 13.3. The molecule has 0 aromatic heterocycles. The molecule has 0 fully saturated rings. The highest BCUT2D eigenvalue weighted by Crippen LogP contribution is 2.36. The maximum atomic E-state index is 3.46. The van der Waals surface area contributed by atoms with Crippen LogP contribution in [0.15, 0.2) is 12.1 Å². The Morgan fingerprint density at radius 1 is 1.07 bits per heavy atom. The molecule has 3 heteroatoms. The van der Waals surface area contributed by atoms with Crippen molar-refractivity contribution in [3.8, 4) is 0 Å². The lowest BCUT2D eigenvalue weighted by Gasteiger charge is -2.21. The Kier molecular flexibility index (Phi) is 2.47. The van der Waals surface area contributed by atoms with Crippen molar-refractivity contribution in [1.29, 1.82) is 0 Å². The Balaban J connectivity index is 2.52. The number of rotatable bonds is 2. The molecule has 0 saturated heterocycles. The molecule has 0 aliphatic carbocycles. The number of nitrogens with one attached hydrogen (secondary N) is 1. The van der Waals surface area contributed by atoms with E-state index < -0.39 is 0 Å². The van der Waals surface area contributed by atoms with Gasteiger partial charge in [-0.25, -0.2) is 0 Å². The molecule has 2 rings (SSSR count). The van der Waals surface area contributed by atoms with Crippen molar-refractivity contribution in [2.45, 2.75) is 6.42 Å². The first-order chi connectivity index (χ1) is 7.09. The van der Waals surface area contributed by atoms with Gasteiger partial charge in [0.25, 0.3) is 0 Å². The quantitative estimate of drug-likeness (QED) is 0.794. The summed E-state index contributed by atoms with van der Waals surface area (Å²) < 4.78 is 0.